The monoisotopic (exact) mass is 168 g/mol. The van der Waals surface area contributed by atoms with E-state index >= 15 is 0 Å². The number of aliphatic hydroxyl groups is 1. The second kappa shape index (κ2) is 3.21. The lowest BCUT2D eigenvalue weighted by Gasteiger charge is -2.31. The average Bonchev–Trinajstić information content (AvgIpc) is 1.83. The molecule has 0 amide bonds. The molecule has 1 heteroatoms. The first-order chi connectivity index (χ1) is 5.41. The Balaban J connectivity index is 2.83. The predicted octanol–water partition coefficient (Wildman–Crippen LogP) is 2.89. The topological polar surface area (TPSA) is 20.2 Å². The molecule has 0 aromatic rings. The molecule has 0 saturated carbocycles. The van der Waals surface area contributed by atoms with Gasteiger partial charge in [-0.15, -0.1) is 0 Å². The molecule has 12 heavy (non-hydrogen) atoms. The third-order valence-corrected chi connectivity index (χ3v) is 2.69. The maximum Gasteiger partial charge on any atom is 0.0580 e. The van der Waals surface area contributed by atoms with Crippen LogP contribution in [0.1, 0.15) is 47.0 Å². The smallest absolute Gasteiger partial charge is 0.0580 e. The van der Waals surface area contributed by atoms with E-state index in [1.165, 1.54) is 5.57 Å². The van der Waals surface area contributed by atoms with Crippen LogP contribution in [0.5, 0.6) is 0 Å². The highest BCUT2D eigenvalue weighted by molar-refractivity contribution is 5.21. The van der Waals surface area contributed by atoms with Crippen LogP contribution in [0.2, 0.25) is 0 Å². The molecule has 70 valence electrons. The van der Waals surface area contributed by atoms with Gasteiger partial charge in [0.2, 0.25) is 0 Å². The first kappa shape index (κ1) is 9.79. The molecule has 0 aromatic heterocycles. The molecule has 0 fully saturated rings. The first-order valence-electron chi connectivity index (χ1n) is 4.78. The van der Waals surface area contributed by atoms with Crippen molar-refractivity contribution in [2.75, 3.05) is 0 Å². The van der Waals surface area contributed by atoms with Gasteiger partial charge < -0.3 is 5.11 Å². The third kappa shape index (κ3) is 2.10. The van der Waals surface area contributed by atoms with Gasteiger partial charge in [0.05, 0.1) is 6.10 Å². The van der Waals surface area contributed by atoms with Crippen molar-refractivity contribution in [2.24, 2.45) is 5.41 Å². The van der Waals surface area contributed by atoms with Crippen molar-refractivity contribution in [1.82, 2.24) is 0 Å². The van der Waals surface area contributed by atoms with Gasteiger partial charge in [-0.2, -0.15) is 0 Å². The van der Waals surface area contributed by atoms with Crippen molar-refractivity contribution in [3.63, 3.8) is 0 Å². The van der Waals surface area contributed by atoms with E-state index in [0.717, 1.165) is 19.3 Å². The largest absolute Gasteiger partial charge is 0.393 e. The molecule has 0 aromatic carbocycles. The molecule has 0 radical (unpaired) electrons. The summed E-state index contributed by atoms with van der Waals surface area (Å²) in [6.45, 7) is 8.92. The Hall–Kier alpha value is -0.300. The Kier molecular flexibility index (Phi) is 2.62. The molecule has 0 aliphatic heterocycles. The van der Waals surface area contributed by atoms with Crippen molar-refractivity contribution < 1.29 is 5.11 Å². The van der Waals surface area contributed by atoms with Gasteiger partial charge in [0.15, 0.2) is 0 Å². The van der Waals surface area contributed by atoms with Crippen LogP contribution in [0.25, 0.3) is 0 Å². The summed E-state index contributed by atoms with van der Waals surface area (Å²) in [7, 11) is 0. The molecule has 1 nitrogen and oxygen atoms in total. The standard InChI is InChI=1S/C11H20O/c1-8-7-9(12)5-6-10(8)11(2,3)4/h9,12H,5-7H2,1-4H3. The molecule has 1 aliphatic rings. The van der Waals surface area contributed by atoms with E-state index < -0.39 is 0 Å². The average molecular weight is 168 g/mol. The van der Waals surface area contributed by atoms with Gasteiger partial charge in [-0.3, -0.25) is 0 Å². The summed E-state index contributed by atoms with van der Waals surface area (Å²) in [4.78, 5) is 0. The van der Waals surface area contributed by atoms with Gasteiger partial charge in [-0.25, -0.2) is 0 Å². The predicted molar refractivity (Wildman–Crippen MR) is 52.0 cm³/mol. The first-order valence-corrected chi connectivity index (χ1v) is 4.78. The van der Waals surface area contributed by atoms with Crippen molar-refractivity contribution in [2.45, 2.75) is 53.1 Å². The lowest BCUT2D eigenvalue weighted by Crippen LogP contribution is -2.20. The van der Waals surface area contributed by atoms with Crippen LogP contribution < -0.4 is 0 Å². The number of hydrogen-bond donors (Lipinski definition) is 1. The van der Waals surface area contributed by atoms with E-state index in [0.29, 0.717) is 5.41 Å². The summed E-state index contributed by atoms with van der Waals surface area (Å²) in [5.41, 5.74) is 3.25. The zero-order valence-electron chi connectivity index (χ0n) is 8.65. The molecule has 0 saturated heterocycles. The fourth-order valence-electron chi connectivity index (χ4n) is 2.12. The second-order valence-electron chi connectivity index (χ2n) is 4.91. The molecule has 1 N–H and O–H groups in total. The quantitative estimate of drug-likeness (QED) is 0.551. The summed E-state index contributed by atoms with van der Waals surface area (Å²) in [6.07, 6.45) is 2.82. The highest BCUT2D eigenvalue weighted by Crippen LogP contribution is 2.36. The fraction of sp³-hybridized carbons (Fsp3) is 0.818. The van der Waals surface area contributed by atoms with Gasteiger partial charge in [-0.05, 0) is 31.6 Å². The maximum absolute atomic E-state index is 9.43. The minimum atomic E-state index is -0.0869. The second-order valence-corrected chi connectivity index (χ2v) is 4.91. The lowest BCUT2D eigenvalue weighted by atomic mass is 9.76. The van der Waals surface area contributed by atoms with Gasteiger partial charge >= 0.3 is 0 Å². The van der Waals surface area contributed by atoms with E-state index in [-0.39, 0.29) is 6.10 Å². The van der Waals surface area contributed by atoms with Gasteiger partial charge in [-0.1, -0.05) is 31.9 Å². The summed E-state index contributed by atoms with van der Waals surface area (Å²) in [5, 5.41) is 9.43. The summed E-state index contributed by atoms with van der Waals surface area (Å²) < 4.78 is 0. The molecular weight excluding hydrogens is 148 g/mol. The zero-order valence-corrected chi connectivity index (χ0v) is 8.65. The highest BCUT2D eigenvalue weighted by atomic mass is 16.3. The molecular formula is C11H20O. The Bertz CT molecular complexity index is 196. The van der Waals surface area contributed by atoms with Gasteiger partial charge in [0.1, 0.15) is 0 Å². The third-order valence-electron chi connectivity index (χ3n) is 2.69. The minimum absolute atomic E-state index is 0.0869. The Morgan fingerprint density at radius 2 is 1.92 bits per heavy atom. The Morgan fingerprint density at radius 1 is 1.33 bits per heavy atom. The van der Waals surface area contributed by atoms with Crippen LogP contribution in [0.15, 0.2) is 11.1 Å². The van der Waals surface area contributed by atoms with Crippen LogP contribution in [0.3, 0.4) is 0 Å². The summed E-state index contributed by atoms with van der Waals surface area (Å²) >= 11 is 0. The van der Waals surface area contributed by atoms with Crippen molar-refractivity contribution in [3.05, 3.63) is 11.1 Å². The summed E-state index contributed by atoms with van der Waals surface area (Å²) in [6, 6.07) is 0. The lowest BCUT2D eigenvalue weighted by molar-refractivity contribution is 0.154. The highest BCUT2D eigenvalue weighted by Gasteiger charge is 2.24. The number of hydrogen-bond acceptors (Lipinski definition) is 1. The molecule has 1 rings (SSSR count). The van der Waals surface area contributed by atoms with Crippen LogP contribution in [0.4, 0.5) is 0 Å². The van der Waals surface area contributed by atoms with Crippen molar-refractivity contribution in [3.8, 4) is 0 Å². The van der Waals surface area contributed by atoms with Gasteiger partial charge in [0.25, 0.3) is 0 Å². The van der Waals surface area contributed by atoms with E-state index in [2.05, 4.69) is 27.7 Å². The molecule has 1 atom stereocenters. The molecule has 1 aliphatic carbocycles. The molecule has 0 bridgehead atoms. The number of aliphatic hydroxyl groups excluding tert-OH is 1. The molecule has 0 spiro atoms. The number of allylic oxidation sites excluding steroid dienone is 1. The SMILES string of the molecule is CC1=C(C(C)(C)C)CCC(O)C1. The molecule has 1 unspecified atom stereocenters. The fourth-order valence-corrected chi connectivity index (χ4v) is 2.12. The van der Waals surface area contributed by atoms with E-state index in [9.17, 15) is 5.11 Å². The van der Waals surface area contributed by atoms with E-state index in [1.54, 1.807) is 5.57 Å². The van der Waals surface area contributed by atoms with Crippen molar-refractivity contribution >= 4 is 0 Å². The van der Waals surface area contributed by atoms with Crippen LogP contribution in [-0.2, 0) is 0 Å². The molecule has 0 heterocycles. The normalized spacial score (nSPS) is 26.2. The number of rotatable bonds is 0. The van der Waals surface area contributed by atoms with E-state index in [1.807, 2.05) is 0 Å². The minimum Gasteiger partial charge on any atom is -0.393 e. The zero-order chi connectivity index (χ0) is 9.35. The maximum atomic E-state index is 9.43. The Labute approximate surface area is 75.5 Å². The van der Waals surface area contributed by atoms with Crippen LogP contribution >= 0.6 is 0 Å². The Morgan fingerprint density at radius 3 is 2.33 bits per heavy atom. The van der Waals surface area contributed by atoms with E-state index in [4.69, 9.17) is 0 Å². The van der Waals surface area contributed by atoms with Crippen LogP contribution in [0, 0.1) is 5.41 Å². The van der Waals surface area contributed by atoms with Crippen molar-refractivity contribution in [1.29, 1.82) is 0 Å². The summed E-state index contributed by atoms with van der Waals surface area (Å²) in [5.74, 6) is 0. The van der Waals surface area contributed by atoms with Crippen LogP contribution in [-0.4, -0.2) is 11.2 Å². The van der Waals surface area contributed by atoms with Gasteiger partial charge in [0, 0.05) is 0 Å².